The van der Waals surface area contributed by atoms with Gasteiger partial charge < -0.3 is 29.7 Å². The molecule has 0 radical (unpaired) electrons. The Bertz CT molecular complexity index is 1510. The van der Waals surface area contributed by atoms with Crippen LogP contribution in [0.4, 0.5) is 11.8 Å². The number of fused-ring (bicyclic) bond motifs is 1. The van der Waals surface area contributed by atoms with Crippen molar-refractivity contribution in [2.24, 2.45) is 0 Å². The number of carboxylic acid groups (broad SMARTS) is 1. The molecule has 3 aromatic heterocycles. The largest absolute Gasteiger partial charge is 0.478 e. The number of carbonyl (C=O) groups is 1. The van der Waals surface area contributed by atoms with E-state index in [1.54, 1.807) is 24.3 Å². The molecule has 0 atom stereocenters. The van der Waals surface area contributed by atoms with Crippen LogP contribution in [0, 0.1) is 0 Å². The molecule has 0 unspecified atom stereocenters. The molecule has 0 bridgehead atoms. The van der Waals surface area contributed by atoms with Gasteiger partial charge in [-0.1, -0.05) is 31.0 Å². The van der Waals surface area contributed by atoms with Crippen molar-refractivity contribution in [2.75, 3.05) is 62.8 Å². The van der Waals surface area contributed by atoms with E-state index < -0.39 is 5.97 Å². The monoisotopic (exact) mass is 586 g/mol. The average Bonchev–Trinajstić information content (AvgIpc) is 3.73. The molecule has 1 saturated heterocycles. The fourth-order valence-corrected chi connectivity index (χ4v) is 5.82. The van der Waals surface area contributed by atoms with E-state index in [2.05, 4.69) is 24.7 Å². The molecule has 1 saturated carbocycles. The number of hydrogen-bond acceptors (Lipinski definition) is 10. The van der Waals surface area contributed by atoms with E-state index >= 15 is 0 Å². The maximum absolute atomic E-state index is 11.2. The predicted molar refractivity (Wildman–Crippen MR) is 163 cm³/mol. The van der Waals surface area contributed by atoms with Crippen molar-refractivity contribution >= 4 is 28.9 Å². The summed E-state index contributed by atoms with van der Waals surface area (Å²) in [4.78, 5) is 35.1. The van der Waals surface area contributed by atoms with Gasteiger partial charge in [0.1, 0.15) is 0 Å². The summed E-state index contributed by atoms with van der Waals surface area (Å²) in [7, 11) is 0. The van der Waals surface area contributed by atoms with Crippen LogP contribution < -0.4 is 10.2 Å². The molecule has 1 aliphatic carbocycles. The number of nitrogens with zero attached hydrogens (tertiary/aromatic N) is 7. The second-order valence-electron chi connectivity index (χ2n) is 11.1. The number of anilines is 2. The normalized spacial score (nSPS) is 16.3. The van der Waals surface area contributed by atoms with Crippen LogP contribution in [0.15, 0.2) is 48.9 Å². The van der Waals surface area contributed by atoms with Gasteiger partial charge in [0.2, 0.25) is 5.95 Å². The van der Waals surface area contributed by atoms with Gasteiger partial charge in [0.05, 0.1) is 37.4 Å². The summed E-state index contributed by atoms with van der Waals surface area (Å²) in [5.74, 6) is 0.479. The Kier molecular flexibility index (Phi) is 9.06. The Morgan fingerprint density at radius 3 is 2.47 bits per heavy atom. The van der Waals surface area contributed by atoms with E-state index in [4.69, 9.17) is 29.9 Å². The van der Waals surface area contributed by atoms with Gasteiger partial charge in [-0.05, 0) is 36.6 Å². The smallest absolute Gasteiger partial charge is 0.335 e. The summed E-state index contributed by atoms with van der Waals surface area (Å²) >= 11 is 0. The molecule has 6 rings (SSSR count). The van der Waals surface area contributed by atoms with E-state index in [0.717, 1.165) is 73.6 Å². The summed E-state index contributed by atoms with van der Waals surface area (Å²) in [5, 5.41) is 21.6. The van der Waals surface area contributed by atoms with E-state index in [1.165, 1.54) is 12.8 Å². The maximum atomic E-state index is 11.2. The highest BCUT2D eigenvalue weighted by Crippen LogP contribution is 2.33. The molecule has 0 spiro atoms. The van der Waals surface area contributed by atoms with Gasteiger partial charge >= 0.3 is 5.97 Å². The highest BCUT2D eigenvalue weighted by atomic mass is 16.5. The number of ether oxygens (including phenoxy) is 1. The lowest BCUT2D eigenvalue weighted by Crippen LogP contribution is -2.48. The lowest BCUT2D eigenvalue weighted by Gasteiger charge is -2.34. The Morgan fingerprint density at radius 2 is 1.77 bits per heavy atom. The lowest BCUT2D eigenvalue weighted by molar-refractivity contribution is 0.0697. The third-order valence-electron chi connectivity index (χ3n) is 8.28. The number of carboxylic acids is 1. The molecule has 226 valence electrons. The number of benzene rings is 1. The molecule has 12 heteroatoms. The third kappa shape index (κ3) is 6.76. The number of pyridine rings is 1. The van der Waals surface area contributed by atoms with Crippen LogP contribution in [0.5, 0.6) is 0 Å². The molecular weight excluding hydrogens is 548 g/mol. The van der Waals surface area contributed by atoms with Crippen molar-refractivity contribution in [2.45, 2.75) is 38.3 Å². The minimum absolute atomic E-state index is 0.0494. The fraction of sp³-hybridized carbons (Fsp3) is 0.452. The number of aromatic carboxylic acids is 1. The van der Waals surface area contributed by atoms with Crippen molar-refractivity contribution < 1.29 is 19.7 Å². The Hall–Kier alpha value is -4.13. The minimum atomic E-state index is -0.946. The maximum Gasteiger partial charge on any atom is 0.335 e. The van der Waals surface area contributed by atoms with Crippen LogP contribution in [0.1, 0.15) is 47.6 Å². The highest BCUT2D eigenvalue weighted by molar-refractivity contribution is 5.88. The van der Waals surface area contributed by atoms with Gasteiger partial charge in [-0.25, -0.2) is 9.78 Å². The molecule has 4 aromatic rings. The summed E-state index contributed by atoms with van der Waals surface area (Å²) < 4.78 is 7.68. The van der Waals surface area contributed by atoms with Crippen LogP contribution >= 0.6 is 0 Å². The van der Waals surface area contributed by atoms with Crippen LogP contribution in [0.2, 0.25) is 0 Å². The zero-order valence-electron chi connectivity index (χ0n) is 24.2. The number of hydrogen-bond donors (Lipinski definition) is 3. The SMILES string of the molecule is O=C(O)c1ccc(-c2ccc(CNc3nc(N4CCN(CCOCCO)CC4)nc4c3ncn4C3CCCC3)cn2)cc1. The van der Waals surface area contributed by atoms with Crippen molar-refractivity contribution in [1.29, 1.82) is 0 Å². The summed E-state index contributed by atoms with van der Waals surface area (Å²) in [6.45, 7) is 5.84. The molecule has 43 heavy (non-hydrogen) atoms. The van der Waals surface area contributed by atoms with Crippen molar-refractivity contribution in [3.05, 3.63) is 60.0 Å². The molecule has 2 aliphatic rings. The Labute approximate surface area is 250 Å². The molecular formula is C31H38N8O4. The molecule has 1 aliphatic heterocycles. The molecule has 3 N–H and O–H groups in total. The Morgan fingerprint density at radius 1 is 0.977 bits per heavy atom. The van der Waals surface area contributed by atoms with Crippen LogP contribution in [-0.4, -0.2) is 98.1 Å². The zero-order valence-corrected chi connectivity index (χ0v) is 24.2. The Balaban J connectivity index is 1.18. The number of rotatable bonds is 12. The summed E-state index contributed by atoms with van der Waals surface area (Å²) in [5.41, 5.74) is 4.53. The number of aliphatic hydroxyl groups is 1. The van der Waals surface area contributed by atoms with Crippen molar-refractivity contribution in [3.8, 4) is 11.3 Å². The van der Waals surface area contributed by atoms with Crippen molar-refractivity contribution in [3.63, 3.8) is 0 Å². The van der Waals surface area contributed by atoms with E-state index in [9.17, 15) is 4.79 Å². The van der Waals surface area contributed by atoms with Crippen LogP contribution in [0.25, 0.3) is 22.4 Å². The third-order valence-corrected chi connectivity index (χ3v) is 8.28. The standard InChI is InChI=1S/C31H38N8O4/c40-16-18-43-17-15-37-11-13-38(14-12-37)31-35-28(27-29(36-31)39(21-34-27)25-3-1-2-4-25)33-20-22-5-10-26(32-19-22)23-6-8-24(9-7-23)30(41)42/h5-10,19,21,25,40H,1-4,11-18,20H2,(H,41,42)(H,33,35,36). The molecule has 1 aromatic carbocycles. The number of nitrogens with one attached hydrogen (secondary N) is 1. The first kappa shape index (κ1) is 29.0. The molecule has 2 fully saturated rings. The summed E-state index contributed by atoms with van der Waals surface area (Å²) in [6, 6.07) is 11.1. The van der Waals surface area contributed by atoms with Gasteiger partial charge in [-0.2, -0.15) is 9.97 Å². The number of imidazole rings is 1. The second-order valence-corrected chi connectivity index (χ2v) is 11.1. The first-order chi connectivity index (χ1) is 21.1. The topological polar surface area (TPSA) is 142 Å². The fourth-order valence-electron chi connectivity index (χ4n) is 5.82. The number of aromatic nitrogens is 5. The summed E-state index contributed by atoms with van der Waals surface area (Å²) in [6.07, 6.45) is 8.48. The molecule has 0 amide bonds. The predicted octanol–water partition coefficient (Wildman–Crippen LogP) is 3.44. The van der Waals surface area contributed by atoms with Crippen LogP contribution in [-0.2, 0) is 11.3 Å². The zero-order chi connectivity index (χ0) is 29.6. The quantitative estimate of drug-likeness (QED) is 0.210. The van der Waals surface area contributed by atoms with Gasteiger partial charge in [0.25, 0.3) is 0 Å². The van der Waals surface area contributed by atoms with Gasteiger partial charge in [-0.3, -0.25) is 9.88 Å². The van der Waals surface area contributed by atoms with Gasteiger partial charge in [0, 0.05) is 57.1 Å². The van der Waals surface area contributed by atoms with Crippen molar-refractivity contribution in [1.82, 2.24) is 29.4 Å². The van der Waals surface area contributed by atoms with Gasteiger partial charge in [-0.15, -0.1) is 0 Å². The van der Waals surface area contributed by atoms with Crippen LogP contribution in [0.3, 0.4) is 0 Å². The number of aliphatic hydroxyl groups excluding tert-OH is 1. The highest BCUT2D eigenvalue weighted by Gasteiger charge is 2.25. The average molecular weight is 587 g/mol. The first-order valence-electron chi connectivity index (χ1n) is 15.0. The van der Waals surface area contributed by atoms with E-state index in [-0.39, 0.29) is 12.2 Å². The second kappa shape index (κ2) is 13.4. The van der Waals surface area contributed by atoms with E-state index in [0.29, 0.717) is 37.6 Å². The molecule has 4 heterocycles. The molecule has 12 nitrogen and oxygen atoms in total. The van der Waals surface area contributed by atoms with Gasteiger partial charge in [0.15, 0.2) is 17.0 Å². The number of piperazine rings is 1. The minimum Gasteiger partial charge on any atom is -0.478 e. The first-order valence-corrected chi connectivity index (χ1v) is 15.0. The van der Waals surface area contributed by atoms with E-state index in [1.807, 2.05) is 24.7 Å². The lowest BCUT2D eigenvalue weighted by atomic mass is 10.1.